The highest BCUT2D eigenvalue weighted by molar-refractivity contribution is 5.14. The molecule has 1 aliphatic carbocycles. The summed E-state index contributed by atoms with van der Waals surface area (Å²) in [5.41, 5.74) is 6.17. The van der Waals surface area contributed by atoms with Gasteiger partial charge in [-0.05, 0) is 32.6 Å². The van der Waals surface area contributed by atoms with Crippen LogP contribution in [0.5, 0.6) is 0 Å². The Balaban J connectivity index is 1.83. The fourth-order valence-corrected chi connectivity index (χ4v) is 3.40. The van der Waals surface area contributed by atoms with E-state index in [0.29, 0.717) is 0 Å². The Kier molecular flexibility index (Phi) is 2.13. The summed E-state index contributed by atoms with van der Waals surface area (Å²) in [6, 6.07) is 0.254. The number of rotatable bonds is 3. The van der Waals surface area contributed by atoms with E-state index in [2.05, 4.69) is 16.8 Å². The van der Waals surface area contributed by atoms with Gasteiger partial charge >= 0.3 is 0 Å². The molecule has 1 unspecified atom stereocenters. The molecule has 88 valence electrons. The second-order valence-electron chi connectivity index (χ2n) is 5.34. The van der Waals surface area contributed by atoms with E-state index in [9.17, 15) is 0 Å². The summed E-state index contributed by atoms with van der Waals surface area (Å²) >= 11 is 0. The van der Waals surface area contributed by atoms with Gasteiger partial charge in [-0.1, -0.05) is 0 Å². The molecule has 4 rings (SSSR count). The van der Waals surface area contributed by atoms with Gasteiger partial charge in [-0.2, -0.15) is 0 Å². The number of oxazole rings is 1. The van der Waals surface area contributed by atoms with Gasteiger partial charge < -0.3 is 10.2 Å². The molecule has 1 atom stereocenters. The Labute approximate surface area is 95.8 Å². The minimum Gasteiger partial charge on any atom is -0.444 e. The summed E-state index contributed by atoms with van der Waals surface area (Å²) in [5, 5.41) is 0. The van der Waals surface area contributed by atoms with E-state index in [-0.39, 0.29) is 11.6 Å². The van der Waals surface area contributed by atoms with E-state index in [0.717, 1.165) is 30.7 Å². The fourth-order valence-electron chi connectivity index (χ4n) is 3.40. The van der Waals surface area contributed by atoms with Crippen molar-refractivity contribution in [3.8, 4) is 0 Å². The Morgan fingerprint density at radius 2 is 2.44 bits per heavy atom. The van der Waals surface area contributed by atoms with Crippen LogP contribution < -0.4 is 5.73 Å². The first-order valence-electron chi connectivity index (χ1n) is 6.04. The molecule has 0 radical (unpaired) electrons. The molecule has 16 heavy (non-hydrogen) atoms. The van der Waals surface area contributed by atoms with Crippen LogP contribution in [0.15, 0.2) is 10.6 Å². The number of fused-ring (bicyclic) bond motifs is 1. The molecule has 1 saturated carbocycles. The predicted octanol–water partition coefficient (Wildman–Crippen LogP) is 1.47. The summed E-state index contributed by atoms with van der Waals surface area (Å²) in [7, 11) is 0. The van der Waals surface area contributed by atoms with Gasteiger partial charge in [0.1, 0.15) is 5.76 Å². The van der Waals surface area contributed by atoms with E-state index in [4.69, 9.17) is 10.2 Å². The van der Waals surface area contributed by atoms with Crippen LogP contribution in [0.3, 0.4) is 0 Å². The van der Waals surface area contributed by atoms with E-state index in [1.165, 1.54) is 12.8 Å². The van der Waals surface area contributed by atoms with Crippen molar-refractivity contribution >= 4 is 0 Å². The standard InChI is InChI=1S/C12H19N3O/c1-8-5-14-11(16-8)9(2)15-6-10-3-12(15,4-10)7-13/h5,9-10H,3-4,6-7,13H2,1-2H3. The maximum absolute atomic E-state index is 5.92. The minimum absolute atomic E-state index is 0.243. The van der Waals surface area contributed by atoms with Crippen LogP contribution in [0.1, 0.15) is 37.5 Å². The Bertz CT molecular complexity index is 395. The lowest BCUT2D eigenvalue weighted by Gasteiger charge is -2.43. The van der Waals surface area contributed by atoms with E-state index in [1.807, 2.05) is 6.92 Å². The van der Waals surface area contributed by atoms with Crippen LogP contribution in [0.4, 0.5) is 0 Å². The van der Waals surface area contributed by atoms with Gasteiger partial charge in [0.2, 0.25) is 5.89 Å². The molecule has 0 amide bonds. The van der Waals surface area contributed by atoms with Crippen molar-refractivity contribution in [2.75, 3.05) is 13.1 Å². The zero-order valence-electron chi connectivity index (χ0n) is 9.94. The lowest BCUT2D eigenvalue weighted by Crippen LogP contribution is -2.52. The number of nitrogens with zero attached hydrogens (tertiary/aromatic N) is 2. The van der Waals surface area contributed by atoms with Gasteiger partial charge in [-0.15, -0.1) is 0 Å². The van der Waals surface area contributed by atoms with Crippen LogP contribution in [-0.4, -0.2) is 28.5 Å². The third-order valence-corrected chi connectivity index (χ3v) is 4.25. The fraction of sp³-hybridized carbons (Fsp3) is 0.750. The van der Waals surface area contributed by atoms with Gasteiger partial charge in [0.15, 0.2) is 0 Å². The van der Waals surface area contributed by atoms with Crippen LogP contribution in [-0.2, 0) is 0 Å². The van der Waals surface area contributed by atoms with E-state index < -0.39 is 0 Å². The molecule has 2 bridgehead atoms. The van der Waals surface area contributed by atoms with Crippen molar-refractivity contribution in [1.82, 2.24) is 9.88 Å². The first-order chi connectivity index (χ1) is 7.64. The highest BCUT2D eigenvalue weighted by Gasteiger charge is 2.56. The van der Waals surface area contributed by atoms with Gasteiger partial charge in [-0.3, -0.25) is 4.90 Å². The molecule has 0 spiro atoms. The minimum atomic E-state index is 0.243. The third kappa shape index (κ3) is 1.26. The van der Waals surface area contributed by atoms with Crippen molar-refractivity contribution in [1.29, 1.82) is 0 Å². The first-order valence-corrected chi connectivity index (χ1v) is 6.04. The van der Waals surface area contributed by atoms with Crippen molar-refractivity contribution in [3.05, 3.63) is 17.8 Å². The summed E-state index contributed by atoms with van der Waals surface area (Å²) in [5.74, 6) is 2.56. The number of hydrogen-bond acceptors (Lipinski definition) is 4. The highest BCUT2D eigenvalue weighted by Crippen LogP contribution is 2.52. The Morgan fingerprint density at radius 1 is 1.69 bits per heavy atom. The number of nitrogens with two attached hydrogens (primary N) is 1. The SMILES string of the molecule is Cc1cnc(C(C)N2CC3CC2(CN)C3)o1. The van der Waals surface area contributed by atoms with Crippen LogP contribution in [0.2, 0.25) is 0 Å². The maximum atomic E-state index is 5.92. The average molecular weight is 221 g/mol. The molecule has 3 aliphatic rings. The molecule has 3 fully saturated rings. The van der Waals surface area contributed by atoms with Gasteiger partial charge in [0, 0.05) is 18.6 Å². The molecular weight excluding hydrogens is 202 g/mol. The maximum Gasteiger partial charge on any atom is 0.211 e. The first kappa shape index (κ1) is 10.3. The average Bonchev–Trinajstić information content (AvgIpc) is 2.86. The number of aryl methyl sites for hydroxylation is 1. The van der Waals surface area contributed by atoms with Crippen molar-refractivity contribution in [3.63, 3.8) is 0 Å². The summed E-state index contributed by atoms with van der Waals surface area (Å²) < 4.78 is 5.62. The third-order valence-electron chi connectivity index (χ3n) is 4.25. The molecule has 2 aliphatic heterocycles. The molecule has 2 N–H and O–H groups in total. The van der Waals surface area contributed by atoms with E-state index in [1.54, 1.807) is 6.20 Å². The Hall–Kier alpha value is -0.870. The normalized spacial score (nSPS) is 35.1. The zero-order valence-corrected chi connectivity index (χ0v) is 9.94. The molecule has 1 aromatic rings. The second kappa shape index (κ2) is 3.31. The van der Waals surface area contributed by atoms with Gasteiger partial charge in [-0.25, -0.2) is 4.98 Å². The summed E-state index contributed by atoms with van der Waals surface area (Å²) in [6.45, 7) is 6.02. The number of hydrogen-bond donors (Lipinski definition) is 1. The molecule has 4 heteroatoms. The lowest BCUT2D eigenvalue weighted by atomic mass is 9.73. The quantitative estimate of drug-likeness (QED) is 0.839. The van der Waals surface area contributed by atoms with Crippen molar-refractivity contribution < 1.29 is 4.42 Å². The molecular formula is C12H19N3O. The molecule has 2 saturated heterocycles. The summed E-state index contributed by atoms with van der Waals surface area (Å²) in [4.78, 5) is 6.82. The number of aromatic nitrogens is 1. The predicted molar refractivity (Wildman–Crippen MR) is 60.9 cm³/mol. The van der Waals surface area contributed by atoms with Gasteiger partial charge in [0.25, 0.3) is 0 Å². The van der Waals surface area contributed by atoms with Crippen LogP contribution in [0.25, 0.3) is 0 Å². The topological polar surface area (TPSA) is 55.3 Å². The van der Waals surface area contributed by atoms with Crippen LogP contribution in [0, 0.1) is 12.8 Å². The van der Waals surface area contributed by atoms with Crippen LogP contribution >= 0.6 is 0 Å². The molecule has 0 aromatic carbocycles. The monoisotopic (exact) mass is 221 g/mol. The lowest BCUT2D eigenvalue weighted by molar-refractivity contribution is 0.0729. The molecule has 1 aromatic heterocycles. The van der Waals surface area contributed by atoms with Crippen molar-refractivity contribution in [2.24, 2.45) is 11.7 Å². The van der Waals surface area contributed by atoms with E-state index >= 15 is 0 Å². The second-order valence-corrected chi connectivity index (χ2v) is 5.34. The highest BCUT2D eigenvalue weighted by atomic mass is 16.4. The molecule has 3 heterocycles. The molecule has 4 nitrogen and oxygen atoms in total. The zero-order chi connectivity index (χ0) is 11.3. The smallest absolute Gasteiger partial charge is 0.211 e. The largest absolute Gasteiger partial charge is 0.444 e. The van der Waals surface area contributed by atoms with Gasteiger partial charge in [0.05, 0.1) is 12.2 Å². The summed E-state index contributed by atoms with van der Waals surface area (Å²) in [6.07, 6.45) is 4.31. The van der Waals surface area contributed by atoms with Crippen molar-refractivity contribution in [2.45, 2.75) is 38.3 Å². The Morgan fingerprint density at radius 3 is 3.00 bits per heavy atom.